The van der Waals surface area contributed by atoms with E-state index in [0.717, 1.165) is 22.6 Å². The first-order valence-corrected chi connectivity index (χ1v) is 17.6. The molecule has 2 N–H and O–H groups in total. The molecule has 0 fully saturated rings. The smallest absolute Gasteiger partial charge is 0.285 e. The van der Waals surface area contributed by atoms with Crippen LogP contribution in [0.15, 0.2) is 77.0 Å². The van der Waals surface area contributed by atoms with E-state index in [4.69, 9.17) is 9.68 Å². The number of allylic oxidation sites excluding steroid dienone is 2. The van der Waals surface area contributed by atoms with Crippen molar-refractivity contribution in [1.82, 2.24) is 14.9 Å². The quantitative estimate of drug-likeness (QED) is 0.0897. The maximum absolute atomic E-state index is 14.0. The van der Waals surface area contributed by atoms with E-state index in [1.165, 1.54) is 25.1 Å². The maximum Gasteiger partial charge on any atom is 0.285 e. The number of carbonyl (C=O) groups is 3. The normalized spacial score (nSPS) is 16.4. The summed E-state index contributed by atoms with van der Waals surface area (Å²) in [5, 5.41) is 24.1. The topological polar surface area (TPSA) is 132 Å². The molecule has 3 amide bonds. The third-order valence-corrected chi connectivity index (χ3v) is 8.37. The van der Waals surface area contributed by atoms with E-state index in [9.17, 15) is 50.9 Å². The zero-order valence-electron chi connectivity index (χ0n) is 31.9. The monoisotopic (exact) mass is 804 g/mol. The lowest BCUT2D eigenvalue weighted by atomic mass is 10.0. The minimum atomic E-state index is -1.69. The van der Waals surface area contributed by atoms with Gasteiger partial charge in [-0.15, -0.1) is 5.06 Å². The van der Waals surface area contributed by atoms with Crippen LogP contribution in [-0.2, 0) is 14.5 Å². The summed E-state index contributed by atoms with van der Waals surface area (Å²) in [6.45, 7) is 9.39. The molecule has 4 unspecified atom stereocenters. The number of hydrogen-bond donors (Lipinski definition) is 2. The standard InChI is InChI=1S/C24H23F3N2O5.C16H19F3N2O2/c1-13(2)8-21(31)28(11-14(3)30)20(15-9-18(25)22(27)19(26)10-15)12-34-29-23(32)16-6-4-5-7-17(16)24(29)33;1-9(2)4-15-20-23-8-14(21(15)7-10(3)22)11-5-12(17)16(19)13(18)6-11/h4-10,14,20,30H,11-12H2,1-3H3;4-6,10,14,22H,7-8H2,1-3H3. The number of β-amino-alcohol motifs (C(OH)–C–C–N with tert-alkyl or cyclic N) is 1. The number of hydrogen-bond acceptors (Lipinski definition) is 9. The van der Waals surface area contributed by atoms with Crippen LogP contribution in [0.3, 0.4) is 0 Å². The van der Waals surface area contributed by atoms with Gasteiger partial charge in [0.15, 0.2) is 40.7 Å². The molecule has 4 atom stereocenters. The molecule has 2 aliphatic heterocycles. The van der Waals surface area contributed by atoms with Crippen LogP contribution >= 0.6 is 0 Å². The molecular formula is C40H42F6N4O7. The lowest BCUT2D eigenvalue weighted by Gasteiger charge is -2.36. The third-order valence-electron chi connectivity index (χ3n) is 8.37. The third kappa shape index (κ3) is 10.9. The van der Waals surface area contributed by atoms with Crippen molar-refractivity contribution in [2.24, 2.45) is 5.16 Å². The van der Waals surface area contributed by atoms with Crippen molar-refractivity contribution in [3.63, 3.8) is 0 Å². The molecule has 2 aliphatic rings. The minimum Gasteiger partial charge on any atom is -0.392 e. The van der Waals surface area contributed by atoms with E-state index in [-0.39, 0.29) is 42.0 Å². The molecule has 0 saturated carbocycles. The number of aliphatic hydroxyl groups is 2. The molecule has 0 radical (unpaired) electrons. The van der Waals surface area contributed by atoms with Gasteiger partial charge in [-0.25, -0.2) is 26.3 Å². The van der Waals surface area contributed by atoms with Crippen molar-refractivity contribution in [2.45, 2.75) is 65.8 Å². The van der Waals surface area contributed by atoms with Crippen molar-refractivity contribution in [1.29, 1.82) is 0 Å². The van der Waals surface area contributed by atoms with Gasteiger partial charge in [-0.05, 0) is 95.1 Å². The molecule has 5 rings (SSSR count). The lowest BCUT2D eigenvalue weighted by molar-refractivity contribution is -0.139. The van der Waals surface area contributed by atoms with Gasteiger partial charge in [0, 0.05) is 19.2 Å². The number of aliphatic hydroxyl groups excluding tert-OH is 2. The predicted octanol–water partition coefficient (Wildman–Crippen LogP) is 6.69. The van der Waals surface area contributed by atoms with E-state index in [2.05, 4.69) is 5.16 Å². The highest BCUT2D eigenvalue weighted by molar-refractivity contribution is 6.20. The zero-order valence-corrected chi connectivity index (χ0v) is 31.9. The van der Waals surface area contributed by atoms with Crippen molar-refractivity contribution in [2.75, 3.05) is 26.3 Å². The predicted molar refractivity (Wildman–Crippen MR) is 195 cm³/mol. The molecule has 0 aliphatic carbocycles. The number of imide groups is 1. The Labute approximate surface area is 325 Å². The summed E-state index contributed by atoms with van der Waals surface area (Å²) >= 11 is 0. The van der Waals surface area contributed by atoms with Crippen molar-refractivity contribution in [3.8, 4) is 0 Å². The summed E-state index contributed by atoms with van der Waals surface area (Å²) in [6.07, 6.45) is 1.24. The second kappa shape index (κ2) is 19.1. The van der Waals surface area contributed by atoms with Gasteiger partial charge in [0.1, 0.15) is 13.2 Å². The lowest BCUT2D eigenvalue weighted by Crippen LogP contribution is -2.43. The molecule has 0 saturated heterocycles. The average molecular weight is 805 g/mol. The van der Waals surface area contributed by atoms with Crippen molar-refractivity contribution in [3.05, 3.63) is 129 Å². The van der Waals surface area contributed by atoms with Crippen LogP contribution < -0.4 is 0 Å². The Balaban J connectivity index is 0.000000273. The molecule has 0 bridgehead atoms. The van der Waals surface area contributed by atoms with Gasteiger partial charge in [-0.1, -0.05) is 28.4 Å². The number of oxime groups is 1. The number of amides is 3. The zero-order chi connectivity index (χ0) is 42.3. The van der Waals surface area contributed by atoms with Gasteiger partial charge >= 0.3 is 0 Å². The Kier molecular flexibility index (Phi) is 14.8. The molecule has 11 nitrogen and oxygen atoms in total. The van der Waals surface area contributed by atoms with Crippen LogP contribution in [0.1, 0.15) is 85.5 Å². The maximum atomic E-state index is 14.0. The summed E-state index contributed by atoms with van der Waals surface area (Å²) in [5.41, 5.74) is 1.81. The van der Waals surface area contributed by atoms with Gasteiger partial charge in [0.05, 0.1) is 35.4 Å². The number of benzene rings is 3. The van der Waals surface area contributed by atoms with Crippen LogP contribution in [-0.4, -0.2) is 87.1 Å². The molecular weight excluding hydrogens is 762 g/mol. The number of nitrogens with zero attached hydrogens (tertiary/aromatic N) is 4. The van der Waals surface area contributed by atoms with Gasteiger partial charge in [-0.2, -0.15) is 0 Å². The second-order valence-corrected chi connectivity index (χ2v) is 13.9. The summed E-state index contributed by atoms with van der Waals surface area (Å²) < 4.78 is 81.9. The highest BCUT2D eigenvalue weighted by Gasteiger charge is 2.38. The Bertz CT molecular complexity index is 2000. The molecule has 0 spiro atoms. The second-order valence-electron chi connectivity index (χ2n) is 13.9. The number of hydroxylamine groups is 2. The first-order valence-electron chi connectivity index (χ1n) is 17.6. The van der Waals surface area contributed by atoms with Crippen LogP contribution in [0.2, 0.25) is 0 Å². The largest absolute Gasteiger partial charge is 0.392 e. The molecule has 306 valence electrons. The highest BCUT2D eigenvalue weighted by atomic mass is 19.2. The van der Waals surface area contributed by atoms with E-state index < -0.39 is 83.5 Å². The Morgan fingerprint density at radius 3 is 1.88 bits per heavy atom. The summed E-state index contributed by atoms with van der Waals surface area (Å²) in [6, 6.07) is 7.42. The van der Waals surface area contributed by atoms with Crippen LogP contribution in [0.5, 0.6) is 0 Å². The van der Waals surface area contributed by atoms with E-state index in [1.54, 1.807) is 43.9 Å². The first kappa shape index (κ1) is 44.2. The molecule has 17 heteroatoms. The summed E-state index contributed by atoms with van der Waals surface area (Å²) in [7, 11) is 0. The molecule has 57 heavy (non-hydrogen) atoms. The number of halogens is 6. The van der Waals surface area contributed by atoms with E-state index in [0.29, 0.717) is 28.6 Å². The highest BCUT2D eigenvalue weighted by Crippen LogP contribution is 2.30. The fourth-order valence-electron chi connectivity index (χ4n) is 5.94. The van der Waals surface area contributed by atoms with Crippen molar-refractivity contribution < 1.29 is 60.6 Å². The molecule has 2 heterocycles. The Hall–Kier alpha value is -5.52. The first-order chi connectivity index (χ1) is 26.8. The minimum absolute atomic E-state index is 0.0390. The number of rotatable bonds is 12. The van der Waals surface area contributed by atoms with Gasteiger partial charge in [-0.3, -0.25) is 19.2 Å². The SMILES string of the molecule is CC(C)=CC(=O)N(CC(C)O)C(CON1C(=O)c2ccccc2C1=O)c1cc(F)c(F)c(F)c1.CC(C)=CC1=NOCC(c2cc(F)c(F)c(F)c2)N1CC(C)O. The Morgan fingerprint density at radius 2 is 1.40 bits per heavy atom. The van der Waals surface area contributed by atoms with Crippen LogP contribution in [0.25, 0.3) is 0 Å². The van der Waals surface area contributed by atoms with Crippen LogP contribution in [0, 0.1) is 34.9 Å². The number of amidine groups is 1. The van der Waals surface area contributed by atoms with Gasteiger partial charge in [0.2, 0.25) is 5.91 Å². The van der Waals surface area contributed by atoms with Gasteiger partial charge in [0.25, 0.3) is 11.8 Å². The van der Waals surface area contributed by atoms with E-state index in [1.807, 2.05) is 13.8 Å². The molecule has 0 aromatic heterocycles. The Morgan fingerprint density at radius 1 is 0.877 bits per heavy atom. The summed E-state index contributed by atoms with van der Waals surface area (Å²) in [5.74, 6) is -10.4. The fraction of sp³-hybridized carbons (Fsp3) is 0.350. The summed E-state index contributed by atoms with van der Waals surface area (Å²) in [4.78, 5) is 51.5. The molecule has 3 aromatic rings. The number of fused-ring (bicyclic) bond motifs is 1. The molecule has 3 aromatic carbocycles. The van der Waals surface area contributed by atoms with Crippen LogP contribution in [0.4, 0.5) is 26.3 Å². The average Bonchev–Trinajstić information content (AvgIpc) is 3.37. The number of carbonyl (C=O) groups excluding carboxylic acids is 3. The van der Waals surface area contributed by atoms with Crippen molar-refractivity contribution >= 4 is 23.6 Å². The fourth-order valence-corrected chi connectivity index (χ4v) is 5.94. The van der Waals surface area contributed by atoms with Gasteiger partial charge < -0.3 is 24.9 Å². The van der Waals surface area contributed by atoms with E-state index >= 15 is 0 Å².